The topological polar surface area (TPSA) is 109 Å². The van der Waals surface area contributed by atoms with Gasteiger partial charge in [-0.25, -0.2) is 4.98 Å². The number of fused-ring (bicyclic) bond motifs is 1. The van der Waals surface area contributed by atoms with E-state index in [0.717, 1.165) is 51.2 Å². The van der Waals surface area contributed by atoms with Gasteiger partial charge >= 0.3 is 0 Å². The Balaban J connectivity index is 1.51. The van der Waals surface area contributed by atoms with E-state index in [-0.39, 0.29) is 5.91 Å². The number of rotatable bonds is 10. The number of nitrogens with two attached hydrogens (primary N) is 1. The summed E-state index contributed by atoms with van der Waals surface area (Å²) in [6, 6.07) is 12.0. The second-order valence-corrected chi connectivity index (χ2v) is 9.79. The summed E-state index contributed by atoms with van der Waals surface area (Å²) in [6.07, 6.45) is 2.14. The van der Waals surface area contributed by atoms with Crippen LogP contribution in [0.3, 0.4) is 0 Å². The minimum atomic E-state index is -0.288. The monoisotopic (exact) mass is 470 g/mol. The number of nitrogens with one attached hydrogen (secondary N) is 2. The number of hydrogen-bond donors (Lipinski definition) is 3. The molecule has 0 spiro atoms. The lowest BCUT2D eigenvalue weighted by atomic mass is 10.2. The van der Waals surface area contributed by atoms with Gasteiger partial charge < -0.3 is 25.1 Å². The number of aromatic nitrogens is 2. The maximum absolute atomic E-state index is 10.9. The van der Waals surface area contributed by atoms with Gasteiger partial charge in [0, 0.05) is 61.4 Å². The first-order chi connectivity index (χ1) is 15.5. The second kappa shape index (κ2) is 10.3. The van der Waals surface area contributed by atoms with Crippen LogP contribution < -0.4 is 20.1 Å². The van der Waals surface area contributed by atoms with E-state index in [1.165, 1.54) is 0 Å². The molecule has 8 nitrogen and oxygen atoms in total. The molecule has 0 saturated carbocycles. The van der Waals surface area contributed by atoms with Crippen molar-refractivity contribution in [1.82, 2.24) is 15.3 Å². The van der Waals surface area contributed by atoms with Gasteiger partial charge in [-0.3, -0.25) is 9.79 Å². The maximum atomic E-state index is 10.9. The zero-order valence-corrected chi connectivity index (χ0v) is 19.6. The standard InChI is InChI=1S/C22H26N6O2S2/c1-28(32-20-5-3-4-7-25-20)18-11-15(30-2)9-14-10-17(27-21(14)18)22-26-13-16(31-22)12-24-8-6-19(23)29/h3-5,7,9-11,16,24,27H,6,8,12-13H2,1-2H3,(H2,23,29). The van der Waals surface area contributed by atoms with Crippen LogP contribution >= 0.6 is 23.7 Å². The molecule has 0 aliphatic carbocycles. The molecule has 3 heterocycles. The van der Waals surface area contributed by atoms with Gasteiger partial charge in [0.1, 0.15) is 15.8 Å². The Bertz CT molecular complexity index is 1120. The van der Waals surface area contributed by atoms with Crippen LogP contribution in [-0.2, 0) is 4.79 Å². The van der Waals surface area contributed by atoms with Gasteiger partial charge in [0.05, 0.1) is 30.6 Å². The molecule has 1 aromatic carbocycles. The zero-order chi connectivity index (χ0) is 22.5. The number of pyridine rings is 1. The van der Waals surface area contributed by atoms with Gasteiger partial charge in [-0.1, -0.05) is 17.8 Å². The highest BCUT2D eigenvalue weighted by atomic mass is 32.2. The van der Waals surface area contributed by atoms with Crippen molar-refractivity contribution >= 4 is 51.3 Å². The number of ether oxygens (including phenoxy) is 1. The molecule has 4 rings (SSSR count). The van der Waals surface area contributed by atoms with Crippen LogP contribution in [0, 0.1) is 0 Å². The summed E-state index contributed by atoms with van der Waals surface area (Å²) in [4.78, 5) is 23.6. The highest BCUT2D eigenvalue weighted by Gasteiger charge is 2.23. The van der Waals surface area contributed by atoms with Crippen molar-refractivity contribution in [3.8, 4) is 5.75 Å². The van der Waals surface area contributed by atoms with E-state index < -0.39 is 0 Å². The third-order valence-electron chi connectivity index (χ3n) is 4.99. The van der Waals surface area contributed by atoms with Crippen molar-refractivity contribution < 1.29 is 9.53 Å². The Morgan fingerprint density at radius 2 is 2.28 bits per heavy atom. The molecule has 2 aromatic heterocycles. The third-order valence-corrected chi connectivity index (χ3v) is 7.11. The predicted molar refractivity (Wildman–Crippen MR) is 133 cm³/mol. The number of carbonyl (C=O) groups is 1. The molecule has 3 aromatic rings. The molecule has 1 unspecified atom stereocenters. The number of aliphatic imine (C=N–C) groups is 1. The quantitative estimate of drug-likeness (QED) is 0.309. The summed E-state index contributed by atoms with van der Waals surface area (Å²) in [5.41, 5.74) is 8.22. The van der Waals surface area contributed by atoms with E-state index in [1.54, 1.807) is 37.0 Å². The van der Waals surface area contributed by atoms with Crippen LogP contribution in [0.4, 0.5) is 5.69 Å². The molecule has 168 valence electrons. The molecule has 0 saturated heterocycles. The fourth-order valence-corrected chi connectivity index (χ4v) is 5.24. The highest BCUT2D eigenvalue weighted by molar-refractivity contribution is 8.15. The molecule has 0 radical (unpaired) electrons. The van der Waals surface area contributed by atoms with Crippen molar-refractivity contribution in [2.45, 2.75) is 16.7 Å². The fourth-order valence-electron chi connectivity index (χ4n) is 3.42. The summed E-state index contributed by atoms with van der Waals surface area (Å²) < 4.78 is 7.63. The van der Waals surface area contributed by atoms with E-state index in [4.69, 9.17) is 15.5 Å². The number of primary amides is 1. The van der Waals surface area contributed by atoms with Crippen molar-refractivity contribution in [3.05, 3.63) is 48.3 Å². The van der Waals surface area contributed by atoms with Crippen LogP contribution in [0.25, 0.3) is 10.9 Å². The summed E-state index contributed by atoms with van der Waals surface area (Å²) in [7, 11) is 3.70. The van der Waals surface area contributed by atoms with Gasteiger partial charge in [0.15, 0.2) is 0 Å². The van der Waals surface area contributed by atoms with Crippen molar-refractivity contribution in [3.63, 3.8) is 0 Å². The largest absolute Gasteiger partial charge is 0.497 e. The SMILES string of the molecule is COc1cc(N(C)Sc2ccccn2)c2[nH]c(C3=NCC(CNCCC(N)=O)S3)cc2c1. The number of H-pyrrole nitrogens is 1. The van der Waals surface area contributed by atoms with Gasteiger partial charge in [0.2, 0.25) is 5.91 Å². The van der Waals surface area contributed by atoms with E-state index in [9.17, 15) is 4.79 Å². The summed E-state index contributed by atoms with van der Waals surface area (Å²) in [6.45, 7) is 2.12. The maximum Gasteiger partial charge on any atom is 0.218 e. The number of benzene rings is 1. The molecule has 10 heteroatoms. The molecule has 1 aliphatic rings. The number of nitrogens with zero attached hydrogens (tertiary/aromatic N) is 3. The van der Waals surface area contributed by atoms with Gasteiger partial charge in [-0.05, 0) is 24.3 Å². The molecule has 0 fully saturated rings. The minimum absolute atomic E-state index is 0.288. The Morgan fingerprint density at radius 3 is 3.03 bits per heavy atom. The first kappa shape index (κ1) is 22.5. The van der Waals surface area contributed by atoms with Crippen LogP contribution in [-0.4, -0.2) is 60.0 Å². The van der Waals surface area contributed by atoms with Crippen LogP contribution in [0.2, 0.25) is 0 Å². The van der Waals surface area contributed by atoms with Gasteiger partial charge in [0.25, 0.3) is 0 Å². The average Bonchev–Trinajstić information content (AvgIpc) is 3.43. The van der Waals surface area contributed by atoms with E-state index in [2.05, 4.69) is 25.7 Å². The van der Waals surface area contributed by atoms with E-state index in [1.807, 2.05) is 37.4 Å². The lowest BCUT2D eigenvalue weighted by Crippen LogP contribution is -2.28. The number of carbonyl (C=O) groups excluding carboxylic acids is 1. The minimum Gasteiger partial charge on any atom is -0.497 e. The lowest BCUT2D eigenvalue weighted by Gasteiger charge is -2.19. The third kappa shape index (κ3) is 5.37. The molecule has 1 aliphatic heterocycles. The molecule has 1 amide bonds. The smallest absolute Gasteiger partial charge is 0.218 e. The first-order valence-corrected chi connectivity index (χ1v) is 11.9. The number of amides is 1. The van der Waals surface area contributed by atoms with Crippen LogP contribution in [0.1, 0.15) is 12.1 Å². The highest BCUT2D eigenvalue weighted by Crippen LogP contribution is 2.37. The number of methoxy groups -OCH3 is 1. The van der Waals surface area contributed by atoms with Crippen LogP contribution in [0.5, 0.6) is 5.75 Å². The summed E-state index contributed by atoms with van der Waals surface area (Å²) in [5.74, 6) is 0.507. The molecular weight excluding hydrogens is 444 g/mol. The first-order valence-electron chi connectivity index (χ1n) is 10.3. The molecule has 0 bridgehead atoms. The average molecular weight is 471 g/mol. The number of hydrogen-bond acceptors (Lipinski definition) is 8. The number of aromatic amines is 1. The second-order valence-electron chi connectivity index (χ2n) is 7.36. The molecule has 1 atom stereocenters. The summed E-state index contributed by atoms with van der Waals surface area (Å²) >= 11 is 3.30. The van der Waals surface area contributed by atoms with E-state index in [0.29, 0.717) is 18.2 Å². The Morgan fingerprint density at radius 1 is 1.41 bits per heavy atom. The number of thioether (sulfide) groups is 1. The molecular formula is C22H26N6O2S2. The molecule has 4 N–H and O–H groups in total. The predicted octanol–water partition coefficient (Wildman–Crippen LogP) is 3.04. The Hall–Kier alpha value is -2.69. The Labute approximate surface area is 195 Å². The fraction of sp³-hybridized carbons (Fsp3) is 0.318. The molecule has 32 heavy (non-hydrogen) atoms. The van der Waals surface area contributed by atoms with Crippen molar-refractivity contribution in [1.29, 1.82) is 0 Å². The van der Waals surface area contributed by atoms with E-state index >= 15 is 0 Å². The normalized spacial score (nSPS) is 15.7. The number of anilines is 1. The van der Waals surface area contributed by atoms with Crippen LogP contribution in [0.15, 0.2) is 52.6 Å². The van der Waals surface area contributed by atoms with Gasteiger partial charge in [-0.2, -0.15) is 0 Å². The lowest BCUT2D eigenvalue weighted by molar-refractivity contribution is -0.117. The Kier molecular flexibility index (Phi) is 7.23. The van der Waals surface area contributed by atoms with Crippen molar-refractivity contribution in [2.75, 3.05) is 38.1 Å². The summed E-state index contributed by atoms with van der Waals surface area (Å²) in [5, 5.41) is 6.59. The van der Waals surface area contributed by atoms with Gasteiger partial charge in [-0.15, -0.1) is 0 Å². The van der Waals surface area contributed by atoms with Crippen molar-refractivity contribution in [2.24, 2.45) is 10.7 Å². The zero-order valence-electron chi connectivity index (χ0n) is 18.0.